The maximum Gasteiger partial charge on any atom is 0.471 e. The average Bonchev–Trinajstić information content (AvgIpc) is 3.34. The number of alkyl halides is 3. The molecule has 0 bridgehead atoms. The van der Waals surface area contributed by atoms with Crippen molar-refractivity contribution < 1.29 is 65.8 Å². The minimum absolute atomic E-state index is 0.0200. The van der Waals surface area contributed by atoms with Crippen LogP contribution in [0, 0.1) is 12.8 Å². The lowest BCUT2D eigenvalue weighted by Crippen LogP contribution is -2.51. The van der Waals surface area contributed by atoms with Gasteiger partial charge in [0.25, 0.3) is 5.91 Å². The molecule has 2 aliphatic carbocycles. The summed E-state index contributed by atoms with van der Waals surface area (Å²) < 4.78 is 49.1. The van der Waals surface area contributed by atoms with E-state index in [4.69, 9.17) is 8.83 Å². The molecule has 0 spiro atoms. The first-order valence-corrected chi connectivity index (χ1v) is 24.3. The smallest absolute Gasteiger partial charge is 0.471 e. The number of carboxylic acid groups (broad SMARTS) is 1. The number of anilines is 1. The number of amides is 6. The minimum atomic E-state index is -5.07. The Morgan fingerprint density at radius 2 is 1.47 bits per heavy atom. The lowest BCUT2D eigenvalue weighted by atomic mass is 9.85. The van der Waals surface area contributed by atoms with Crippen molar-refractivity contribution in [1.82, 2.24) is 26.6 Å². The van der Waals surface area contributed by atoms with E-state index in [1.807, 2.05) is 13.8 Å². The number of carboxylic acids is 1. The molecule has 6 amide bonds. The molecule has 3 aliphatic rings. The highest BCUT2D eigenvalue weighted by molar-refractivity contribution is 6.04. The molecule has 3 aromatic rings. The zero-order valence-electron chi connectivity index (χ0n) is 41.3. The van der Waals surface area contributed by atoms with E-state index in [0.717, 1.165) is 0 Å². The van der Waals surface area contributed by atoms with Gasteiger partial charge in [0.05, 0.1) is 17.9 Å². The number of nitrogens with one attached hydrogen (secondary N) is 6. The zero-order chi connectivity index (χ0) is 54.6. The quantitative estimate of drug-likeness (QED) is 0.0264. The standard InChI is InChI=1S/C53H57F3N6O13/c1-28(2)21-40(49(69)59-27-45(66)61-39(9-6-8-20-58-52(73)53(54,55)56)50(70)60-31-12-16-34-29(3)22-46(67)75-41(34)24-31)62-44(65)10-5-4-7-19-57-48(68)30-11-15-35(38(23-30)51(71)72)47-36-17-13-32(63)25-42(36)74-43-26-33(64)14-18-37(43)47/h11-13,15-17,22-26,28,39-40,64H,4-10,14,18-21,27H2,1-3H3,(H,57,68)(H,58,73)(H,59,69)(H,60,70)(H,61,66)(H,62,65)(H,71,72)/t39-,40-/m0/s1. The summed E-state index contributed by atoms with van der Waals surface area (Å²) in [6.45, 7) is 4.59. The van der Waals surface area contributed by atoms with Crippen LogP contribution < -0.4 is 43.0 Å². The topological polar surface area (TPSA) is 293 Å². The molecule has 0 radical (unpaired) electrons. The van der Waals surface area contributed by atoms with Gasteiger partial charge in [-0.25, -0.2) is 9.59 Å². The van der Waals surface area contributed by atoms with Gasteiger partial charge in [-0.05, 0) is 105 Å². The van der Waals surface area contributed by atoms with Crippen molar-refractivity contribution in [2.45, 2.75) is 103 Å². The summed E-state index contributed by atoms with van der Waals surface area (Å²) in [7, 11) is 0. The number of benzene rings is 3. The van der Waals surface area contributed by atoms with E-state index >= 15 is 0 Å². The number of aliphatic hydroxyl groups is 1. The highest BCUT2D eigenvalue weighted by Crippen LogP contribution is 2.43. The summed E-state index contributed by atoms with van der Waals surface area (Å²) in [4.78, 5) is 114. The van der Waals surface area contributed by atoms with E-state index < -0.39 is 71.8 Å². The van der Waals surface area contributed by atoms with Crippen molar-refractivity contribution in [3.63, 3.8) is 0 Å². The van der Waals surface area contributed by atoms with Crippen LogP contribution in [0.2, 0.25) is 0 Å². The summed E-state index contributed by atoms with van der Waals surface area (Å²) in [5.74, 6) is -6.07. The summed E-state index contributed by atoms with van der Waals surface area (Å²) in [6, 6.07) is 12.1. The molecular formula is C53H57F3N6O13. The van der Waals surface area contributed by atoms with Crippen LogP contribution in [0.3, 0.4) is 0 Å². The SMILES string of the molecule is Cc1cc(=O)oc2cc(NC(=O)[C@H](CCCCNC(=O)C(F)(F)F)NC(=O)CNC(=O)[C@H](CC(C)C)NC(=O)CCCCCNC(=O)c3ccc(-c4c5ccc(=O)cc-5oc5c4CCC(O)=C5)c(C(=O)O)c3)ccc12. The second-order valence-corrected chi connectivity index (χ2v) is 18.5. The number of hydrogen-bond acceptors (Lipinski definition) is 12. The molecule has 22 heteroatoms. The molecule has 2 aromatic carbocycles. The van der Waals surface area contributed by atoms with Crippen LogP contribution in [0.4, 0.5) is 18.9 Å². The number of aryl methyl sites for hydroxylation is 1. The van der Waals surface area contributed by atoms with E-state index in [1.54, 1.807) is 30.4 Å². The molecular weight excluding hydrogens is 986 g/mol. The number of aliphatic hydroxyl groups excluding tert-OH is 1. The average molecular weight is 1040 g/mol. The zero-order valence-corrected chi connectivity index (χ0v) is 41.3. The highest BCUT2D eigenvalue weighted by Gasteiger charge is 2.38. The van der Waals surface area contributed by atoms with E-state index in [0.29, 0.717) is 71.1 Å². The Morgan fingerprint density at radius 3 is 2.20 bits per heavy atom. The van der Waals surface area contributed by atoms with Gasteiger partial charge in [0.1, 0.15) is 29.2 Å². The van der Waals surface area contributed by atoms with E-state index in [1.165, 1.54) is 48.5 Å². The molecule has 0 fully saturated rings. The van der Waals surface area contributed by atoms with E-state index in [2.05, 4.69) is 26.6 Å². The first-order chi connectivity index (χ1) is 35.6. The van der Waals surface area contributed by atoms with Crippen LogP contribution in [-0.4, -0.2) is 89.5 Å². The third-order valence-corrected chi connectivity index (χ3v) is 12.2. The van der Waals surface area contributed by atoms with Gasteiger partial charge in [-0.3, -0.25) is 33.6 Å². The number of halogens is 3. The molecule has 2 heterocycles. The summed E-state index contributed by atoms with van der Waals surface area (Å²) in [6.07, 6.45) is -1.42. The number of unbranched alkanes of at least 4 members (excludes halogenated alkanes) is 3. The molecule has 1 aromatic heterocycles. The fourth-order valence-corrected chi connectivity index (χ4v) is 8.56. The molecule has 398 valence electrons. The molecule has 6 rings (SSSR count). The van der Waals surface area contributed by atoms with Crippen LogP contribution in [0.5, 0.6) is 0 Å². The Balaban J connectivity index is 0.984. The number of rotatable bonds is 23. The molecule has 19 nitrogen and oxygen atoms in total. The maximum absolute atomic E-state index is 13.5. The van der Waals surface area contributed by atoms with Gasteiger partial charge in [0, 0.05) is 83.5 Å². The lowest BCUT2D eigenvalue weighted by molar-refractivity contribution is -0.173. The van der Waals surface area contributed by atoms with Gasteiger partial charge in [-0.2, -0.15) is 13.2 Å². The molecule has 2 atom stereocenters. The van der Waals surface area contributed by atoms with Crippen LogP contribution in [0.1, 0.15) is 109 Å². The fourth-order valence-electron chi connectivity index (χ4n) is 8.56. The van der Waals surface area contributed by atoms with E-state index in [-0.39, 0.29) is 90.5 Å². The van der Waals surface area contributed by atoms with Gasteiger partial charge < -0.3 is 50.9 Å². The maximum atomic E-state index is 13.5. The number of hydrogen-bond donors (Lipinski definition) is 8. The minimum Gasteiger partial charge on any atom is -0.512 e. The van der Waals surface area contributed by atoms with Crippen molar-refractivity contribution in [1.29, 1.82) is 0 Å². The van der Waals surface area contributed by atoms with Crippen molar-refractivity contribution in [3.05, 3.63) is 115 Å². The van der Waals surface area contributed by atoms with Gasteiger partial charge in [0.2, 0.25) is 23.6 Å². The molecule has 75 heavy (non-hydrogen) atoms. The molecule has 8 N–H and O–H groups in total. The Hall–Kier alpha value is -8.30. The van der Waals surface area contributed by atoms with Gasteiger partial charge in [-0.15, -0.1) is 0 Å². The van der Waals surface area contributed by atoms with Crippen LogP contribution in [0.25, 0.3) is 39.5 Å². The normalized spacial score (nSPS) is 13.0. The van der Waals surface area contributed by atoms with Crippen LogP contribution in [-0.2, 0) is 30.4 Å². The number of aromatic carboxylic acids is 1. The van der Waals surface area contributed by atoms with Crippen molar-refractivity contribution in [2.75, 3.05) is 25.0 Å². The number of fused-ring (bicyclic) bond motifs is 3. The first-order valence-electron chi connectivity index (χ1n) is 24.3. The largest absolute Gasteiger partial charge is 0.512 e. The van der Waals surface area contributed by atoms with E-state index in [9.17, 15) is 66.5 Å². The molecule has 0 saturated carbocycles. The Morgan fingerprint density at radius 1 is 0.747 bits per heavy atom. The van der Waals surface area contributed by atoms with Crippen molar-refractivity contribution >= 4 is 64.1 Å². The predicted octanol–water partition coefficient (Wildman–Crippen LogP) is 6.28. The summed E-state index contributed by atoms with van der Waals surface area (Å²) >= 11 is 0. The molecule has 0 saturated heterocycles. The third kappa shape index (κ3) is 15.4. The monoisotopic (exact) mass is 1040 g/mol. The lowest BCUT2D eigenvalue weighted by Gasteiger charge is -2.22. The number of carbonyl (C=O) groups is 7. The van der Waals surface area contributed by atoms with Gasteiger partial charge in [-0.1, -0.05) is 26.3 Å². The summed E-state index contributed by atoms with van der Waals surface area (Å²) in [5.41, 5.74) is 1.98. The second kappa shape index (κ2) is 25.1. The van der Waals surface area contributed by atoms with Crippen molar-refractivity contribution in [3.8, 4) is 22.5 Å². The van der Waals surface area contributed by atoms with Gasteiger partial charge >= 0.3 is 23.7 Å². The Bertz CT molecular complexity index is 3110. The Labute approximate surface area is 427 Å². The fraction of sp³-hybridized carbons (Fsp3) is 0.377. The van der Waals surface area contributed by atoms with Gasteiger partial charge in [0.15, 0.2) is 5.43 Å². The van der Waals surface area contributed by atoms with Crippen molar-refractivity contribution in [2.24, 2.45) is 5.92 Å². The molecule has 0 unspecified atom stereocenters. The highest BCUT2D eigenvalue weighted by atomic mass is 19.4. The third-order valence-electron chi connectivity index (χ3n) is 12.2. The number of carbonyl (C=O) groups excluding carboxylic acids is 6. The Kier molecular flexibility index (Phi) is 18.7. The number of allylic oxidation sites excluding steroid dienone is 1. The second-order valence-electron chi connectivity index (χ2n) is 18.5. The predicted molar refractivity (Wildman–Crippen MR) is 269 cm³/mol. The molecule has 1 aliphatic heterocycles. The first kappa shape index (κ1) is 56.0. The van der Waals surface area contributed by atoms with Crippen LogP contribution >= 0.6 is 0 Å². The van der Waals surface area contributed by atoms with Crippen LogP contribution in [0.15, 0.2) is 84.8 Å². The summed E-state index contributed by atoms with van der Waals surface area (Å²) in [5, 5.41) is 35.9.